The lowest BCUT2D eigenvalue weighted by Crippen LogP contribution is -2.34. The van der Waals surface area contributed by atoms with Crippen molar-refractivity contribution in [3.05, 3.63) is 29.3 Å². The van der Waals surface area contributed by atoms with Gasteiger partial charge in [-0.1, -0.05) is 12.1 Å². The quantitative estimate of drug-likeness (QED) is 0.774. The molecule has 1 heterocycles. The van der Waals surface area contributed by atoms with E-state index in [1.807, 2.05) is 19.1 Å². The van der Waals surface area contributed by atoms with Gasteiger partial charge in [0.05, 0.1) is 5.56 Å². The van der Waals surface area contributed by atoms with E-state index in [9.17, 15) is 9.59 Å². The van der Waals surface area contributed by atoms with Gasteiger partial charge in [0.25, 0.3) is 5.91 Å². The molecule has 2 amide bonds. The third-order valence-corrected chi connectivity index (χ3v) is 3.34. The van der Waals surface area contributed by atoms with Crippen molar-refractivity contribution < 1.29 is 9.59 Å². The van der Waals surface area contributed by atoms with Crippen LogP contribution in [0.3, 0.4) is 0 Å². The van der Waals surface area contributed by atoms with Gasteiger partial charge in [-0.3, -0.25) is 9.59 Å². The maximum atomic E-state index is 12.2. The van der Waals surface area contributed by atoms with Gasteiger partial charge in [-0.2, -0.15) is 0 Å². The number of nitrogens with zero attached hydrogens (tertiary/aromatic N) is 1. The number of hydrogen-bond donors (Lipinski definition) is 2. The molecular formula is C13H17N3O2. The number of nitrogen functional groups attached to an aromatic ring is 1. The smallest absolute Gasteiger partial charge is 0.256 e. The van der Waals surface area contributed by atoms with Gasteiger partial charge in [0.2, 0.25) is 5.91 Å². The first kappa shape index (κ1) is 12.4. The molecule has 96 valence electrons. The van der Waals surface area contributed by atoms with Crippen molar-refractivity contribution in [1.82, 2.24) is 4.90 Å². The second kappa shape index (κ2) is 4.68. The van der Waals surface area contributed by atoms with Crippen molar-refractivity contribution >= 4 is 17.5 Å². The Balaban J connectivity index is 2.14. The summed E-state index contributed by atoms with van der Waals surface area (Å²) in [6.07, 6.45) is 0.867. The Labute approximate surface area is 106 Å². The van der Waals surface area contributed by atoms with Gasteiger partial charge in [-0.25, -0.2) is 0 Å². The van der Waals surface area contributed by atoms with Crippen LogP contribution in [0.1, 0.15) is 35.7 Å². The largest absolute Gasteiger partial charge is 0.398 e. The number of anilines is 1. The van der Waals surface area contributed by atoms with Crippen LogP contribution in [0.2, 0.25) is 0 Å². The highest BCUT2D eigenvalue weighted by Crippen LogP contribution is 2.29. The van der Waals surface area contributed by atoms with Crippen LogP contribution < -0.4 is 11.5 Å². The Hall–Kier alpha value is -2.04. The predicted octanol–water partition coefficient (Wildman–Crippen LogP) is 0.879. The molecule has 5 heteroatoms. The molecule has 2 rings (SSSR count). The van der Waals surface area contributed by atoms with Gasteiger partial charge in [0.1, 0.15) is 0 Å². The molecule has 1 aliphatic rings. The van der Waals surface area contributed by atoms with Crippen molar-refractivity contribution in [3.63, 3.8) is 0 Å². The Kier molecular flexibility index (Phi) is 3.23. The first-order chi connectivity index (χ1) is 8.50. The lowest BCUT2D eigenvalue weighted by atomic mass is 10.1. The highest BCUT2D eigenvalue weighted by Gasteiger charge is 2.32. The fraction of sp³-hybridized carbons (Fsp3) is 0.385. The molecule has 1 atom stereocenters. The number of benzene rings is 1. The zero-order valence-electron chi connectivity index (χ0n) is 10.3. The minimum atomic E-state index is -0.342. The van der Waals surface area contributed by atoms with Gasteiger partial charge in [0, 0.05) is 24.7 Å². The van der Waals surface area contributed by atoms with Crippen LogP contribution in [0.4, 0.5) is 5.69 Å². The molecule has 0 aliphatic carbocycles. The summed E-state index contributed by atoms with van der Waals surface area (Å²) in [6.45, 7) is 2.47. The predicted molar refractivity (Wildman–Crippen MR) is 68.6 cm³/mol. The van der Waals surface area contributed by atoms with Crippen molar-refractivity contribution in [2.75, 3.05) is 5.73 Å². The van der Waals surface area contributed by atoms with Crippen LogP contribution in [0.15, 0.2) is 18.2 Å². The summed E-state index contributed by atoms with van der Waals surface area (Å²) in [7, 11) is 0. The number of amides is 2. The van der Waals surface area contributed by atoms with E-state index in [2.05, 4.69) is 0 Å². The van der Waals surface area contributed by atoms with Crippen LogP contribution in [0, 0.1) is 0 Å². The minimum absolute atomic E-state index is 0.0169. The maximum Gasteiger partial charge on any atom is 0.256 e. The standard InChI is InChI=1S/C13H17N3O2/c1-8(5-6-11(15)17)16-7-9-3-2-4-10(14)12(9)13(16)18/h2-4,8H,5-7,14H2,1H3,(H2,15,17). The lowest BCUT2D eigenvalue weighted by molar-refractivity contribution is -0.118. The topological polar surface area (TPSA) is 89.4 Å². The molecular weight excluding hydrogens is 230 g/mol. The molecule has 1 unspecified atom stereocenters. The first-order valence-electron chi connectivity index (χ1n) is 5.97. The summed E-state index contributed by atoms with van der Waals surface area (Å²) < 4.78 is 0. The van der Waals surface area contributed by atoms with Crippen LogP contribution in [-0.2, 0) is 11.3 Å². The van der Waals surface area contributed by atoms with Crippen LogP contribution in [0.25, 0.3) is 0 Å². The number of fused-ring (bicyclic) bond motifs is 1. The van der Waals surface area contributed by atoms with E-state index in [1.165, 1.54) is 0 Å². The molecule has 1 aliphatic heterocycles. The Morgan fingerprint density at radius 2 is 2.22 bits per heavy atom. The highest BCUT2D eigenvalue weighted by atomic mass is 16.2. The molecule has 1 aromatic carbocycles. The summed E-state index contributed by atoms with van der Waals surface area (Å²) in [6, 6.07) is 5.47. The fourth-order valence-electron chi connectivity index (χ4n) is 2.27. The highest BCUT2D eigenvalue weighted by molar-refractivity contribution is 6.03. The van der Waals surface area contributed by atoms with Crippen molar-refractivity contribution in [2.24, 2.45) is 5.73 Å². The second-order valence-electron chi connectivity index (χ2n) is 4.67. The molecule has 18 heavy (non-hydrogen) atoms. The zero-order valence-corrected chi connectivity index (χ0v) is 10.3. The first-order valence-corrected chi connectivity index (χ1v) is 5.97. The molecule has 4 N–H and O–H groups in total. The monoisotopic (exact) mass is 247 g/mol. The number of rotatable bonds is 4. The molecule has 0 fully saturated rings. The SMILES string of the molecule is CC(CCC(N)=O)N1Cc2cccc(N)c2C1=O. The van der Waals surface area contributed by atoms with Crippen molar-refractivity contribution in [3.8, 4) is 0 Å². The molecule has 0 saturated heterocycles. The lowest BCUT2D eigenvalue weighted by Gasteiger charge is -2.23. The number of hydrogen-bond acceptors (Lipinski definition) is 3. The molecule has 0 aromatic heterocycles. The van der Waals surface area contributed by atoms with E-state index < -0.39 is 0 Å². The summed E-state index contributed by atoms with van der Waals surface area (Å²) in [5.41, 5.74) is 13.0. The molecule has 0 bridgehead atoms. The van der Waals surface area contributed by atoms with Crippen LogP contribution in [0.5, 0.6) is 0 Å². The van der Waals surface area contributed by atoms with Crippen LogP contribution in [-0.4, -0.2) is 22.8 Å². The molecule has 0 saturated carbocycles. The average molecular weight is 247 g/mol. The summed E-state index contributed by atoms with van der Waals surface area (Å²) in [4.78, 5) is 24.7. The van der Waals surface area contributed by atoms with Gasteiger partial charge in [0.15, 0.2) is 0 Å². The Morgan fingerprint density at radius 1 is 1.50 bits per heavy atom. The third kappa shape index (κ3) is 2.16. The molecule has 5 nitrogen and oxygen atoms in total. The van der Waals surface area contributed by atoms with Gasteiger partial charge < -0.3 is 16.4 Å². The number of carbonyl (C=O) groups is 2. The van der Waals surface area contributed by atoms with E-state index in [0.717, 1.165) is 5.56 Å². The average Bonchev–Trinajstić information content (AvgIpc) is 2.65. The van der Waals surface area contributed by atoms with Gasteiger partial charge in [-0.15, -0.1) is 0 Å². The Morgan fingerprint density at radius 3 is 2.83 bits per heavy atom. The Bertz CT molecular complexity index is 499. The van der Waals surface area contributed by atoms with E-state index in [-0.39, 0.29) is 24.3 Å². The van der Waals surface area contributed by atoms with Gasteiger partial charge >= 0.3 is 0 Å². The number of carbonyl (C=O) groups excluding carboxylic acids is 2. The zero-order chi connectivity index (χ0) is 13.3. The normalized spacial score (nSPS) is 15.6. The number of nitrogens with two attached hydrogens (primary N) is 2. The fourth-order valence-corrected chi connectivity index (χ4v) is 2.27. The summed E-state index contributed by atoms with van der Waals surface area (Å²) in [5.74, 6) is -0.398. The maximum absolute atomic E-state index is 12.2. The molecule has 0 radical (unpaired) electrons. The van der Waals surface area contributed by atoms with Crippen LogP contribution >= 0.6 is 0 Å². The molecule has 1 aromatic rings. The van der Waals surface area contributed by atoms with E-state index in [0.29, 0.717) is 24.2 Å². The second-order valence-corrected chi connectivity index (χ2v) is 4.67. The molecule has 0 spiro atoms. The van der Waals surface area contributed by atoms with E-state index in [1.54, 1.807) is 11.0 Å². The number of primary amides is 1. The minimum Gasteiger partial charge on any atom is -0.398 e. The van der Waals surface area contributed by atoms with E-state index in [4.69, 9.17) is 11.5 Å². The third-order valence-electron chi connectivity index (χ3n) is 3.34. The summed E-state index contributed by atoms with van der Waals surface area (Å²) in [5, 5.41) is 0. The summed E-state index contributed by atoms with van der Waals surface area (Å²) >= 11 is 0. The van der Waals surface area contributed by atoms with E-state index >= 15 is 0 Å². The van der Waals surface area contributed by atoms with Crippen molar-refractivity contribution in [1.29, 1.82) is 0 Å². The van der Waals surface area contributed by atoms with Gasteiger partial charge in [-0.05, 0) is 25.0 Å². The van der Waals surface area contributed by atoms with Crippen molar-refractivity contribution in [2.45, 2.75) is 32.4 Å².